The van der Waals surface area contributed by atoms with Crippen molar-refractivity contribution in [2.24, 2.45) is 40.2 Å². The van der Waals surface area contributed by atoms with Gasteiger partial charge in [0, 0.05) is 29.6 Å². The summed E-state index contributed by atoms with van der Waals surface area (Å²) >= 11 is 0. The Balaban J connectivity index is 1.43. The highest BCUT2D eigenvalue weighted by Gasteiger charge is 2.60. The molecule has 3 saturated carbocycles. The van der Waals surface area contributed by atoms with Gasteiger partial charge in [0.2, 0.25) is 5.91 Å². The van der Waals surface area contributed by atoms with E-state index in [1.807, 2.05) is 24.3 Å². The summed E-state index contributed by atoms with van der Waals surface area (Å²) in [6.07, 6.45) is 12.8. The van der Waals surface area contributed by atoms with E-state index in [0.29, 0.717) is 29.6 Å². The van der Waals surface area contributed by atoms with E-state index in [-0.39, 0.29) is 23.3 Å². The number of hydrogen-bond acceptors (Lipinski definition) is 2. The minimum absolute atomic E-state index is 0.0271. The summed E-state index contributed by atoms with van der Waals surface area (Å²) in [6, 6.07) is 10.5. The molecule has 3 fully saturated rings. The zero-order valence-electron chi connectivity index (χ0n) is 18.9. The van der Waals surface area contributed by atoms with E-state index < -0.39 is 0 Å². The summed E-state index contributed by atoms with van der Waals surface area (Å²) in [4.78, 5) is 26.4. The number of fused-ring (bicyclic) bond motifs is 5. The summed E-state index contributed by atoms with van der Waals surface area (Å²) in [7, 11) is 0. The van der Waals surface area contributed by atoms with Gasteiger partial charge in [-0.05, 0) is 86.2 Å². The molecule has 0 aromatic heterocycles. The number of para-hydroxylation sites is 1. The van der Waals surface area contributed by atoms with E-state index in [9.17, 15) is 9.59 Å². The molecule has 4 nitrogen and oxygen atoms in total. The van der Waals surface area contributed by atoms with Crippen LogP contribution in [0.4, 0.5) is 5.69 Å². The lowest BCUT2D eigenvalue weighted by atomic mass is 9.47. The number of carbonyl (C=O) groups excluding carboxylic acids is 2. The Morgan fingerprint density at radius 3 is 2.58 bits per heavy atom. The highest BCUT2D eigenvalue weighted by Crippen LogP contribution is 2.66. The van der Waals surface area contributed by atoms with Crippen LogP contribution >= 0.6 is 0 Å². The predicted octanol–water partition coefficient (Wildman–Crippen LogP) is 5.08. The van der Waals surface area contributed by atoms with E-state index in [1.165, 1.54) is 32.1 Å². The van der Waals surface area contributed by atoms with Gasteiger partial charge in [0.05, 0.1) is 0 Å². The normalized spacial score (nSPS) is 41.4. The lowest BCUT2D eigenvalue weighted by molar-refractivity contribution is -0.120. The number of anilines is 1. The molecule has 1 aromatic rings. The van der Waals surface area contributed by atoms with Crippen molar-refractivity contribution in [3.63, 3.8) is 0 Å². The van der Waals surface area contributed by atoms with Crippen molar-refractivity contribution in [3.05, 3.63) is 42.5 Å². The van der Waals surface area contributed by atoms with Gasteiger partial charge in [0.25, 0.3) is 5.91 Å². The molecule has 0 bridgehead atoms. The second kappa shape index (κ2) is 7.50. The lowest BCUT2D eigenvalue weighted by Gasteiger charge is -2.60. The van der Waals surface area contributed by atoms with Gasteiger partial charge in [-0.25, -0.2) is 0 Å². The Labute approximate surface area is 186 Å². The summed E-state index contributed by atoms with van der Waals surface area (Å²) in [5.41, 5.74) is 6.87. The standard InChI is InChI=1S/C27H36N2O2/c1-26-16-14-22-20(21(26)11-8-18(26)9-13-24(28)30)10-12-23-27(22,2)17-15-25(31)29(23)19-6-4-3-5-7-19/h3-7,15,17-18,20-23H,8-14,16H2,1-2H3,(H2,28,30)/t18-,20+,21+,22+,23-,26-,27-/m1/s1. The van der Waals surface area contributed by atoms with Gasteiger partial charge >= 0.3 is 0 Å². The summed E-state index contributed by atoms with van der Waals surface area (Å²) in [5, 5.41) is 0. The molecule has 0 spiro atoms. The van der Waals surface area contributed by atoms with Gasteiger partial charge < -0.3 is 10.6 Å². The van der Waals surface area contributed by atoms with Crippen molar-refractivity contribution < 1.29 is 9.59 Å². The predicted molar refractivity (Wildman–Crippen MR) is 123 cm³/mol. The van der Waals surface area contributed by atoms with Crippen LogP contribution in [-0.2, 0) is 9.59 Å². The van der Waals surface area contributed by atoms with E-state index in [1.54, 1.807) is 0 Å². The third-order valence-electron chi connectivity index (χ3n) is 9.83. The average molecular weight is 421 g/mol. The zero-order valence-corrected chi connectivity index (χ0v) is 18.9. The summed E-state index contributed by atoms with van der Waals surface area (Å²) < 4.78 is 0. The number of benzene rings is 1. The van der Waals surface area contributed by atoms with Gasteiger partial charge in [-0.2, -0.15) is 0 Å². The van der Waals surface area contributed by atoms with E-state index >= 15 is 0 Å². The average Bonchev–Trinajstić information content (AvgIpc) is 3.09. The quantitative estimate of drug-likeness (QED) is 0.738. The third-order valence-corrected chi connectivity index (χ3v) is 9.83. The number of nitrogens with zero attached hydrogens (tertiary/aromatic N) is 1. The molecule has 4 aliphatic rings. The highest BCUT2D eigenvalue weighted by atomic mass is 16.2. The Morgan fingerprint density at radius 2 is 1.84 bits per heavy atom. The molecule has 7 atom stereocenters. The largest absolute Gasteiger partial charge is 0.370 e. The number of nitrogens with two attached hydrogens (primary N) is 1. The Kier molecular flexibility index (Phi) is 5.02. The van der Waals surface area contributed by atoms with Crippen LogP contribution in [0.5, 0.6) is 0 Å². The van der Waals surface area contributed by atoms with Crippen LogP contribution < -0.4 is 10.6 Å². The smallest absolute Gasteiger partial charge is 0.250 e. The van der Waals surface area contributed by atoms with Crippen molar-refractivity contribution in [1.82, 2.24) is 0 Å². The molecule has 1 heterocycles. The molecular weight excluding hydrogens is 384 g/mol. The van der Waals surface area contributed by atoms with Crippen molar-refractivity contribution in [3.8, 4) is 0 Å². The van der Waals surface area contributed by atoms with Gasteiger partial charge in [-0.15, -0.1) is 0 Å². The number of carbonyl (C=O) groups is 2. The SMILES string of the molecule is C[C@]12C=CC(=O)N(c3ccccc3)[C@@H]1CC[C@@H]1[C@@H]2CC[C@]2(C)[C@@H](CCC(N)=O)CC[C@@H]12. The van der Waals surface area contributed by atoms with Crippen LogP contribution in [0, 0.1) is 34.5 Å². The second-order valence-corrected chi connectivity index (χ2v) is 11.0. The summed E-state index contributed by atoms with van der Waals surface area (Å²) in [6.45, 7) is 4.91. The van der Waals surface area contributed by atoms with Crippen LogP contribution in [0.2, 0.25) is 0 Å². The molecule has 0 saturated heterocycles. The van der Waals surface area contributed by atoms with Crippen LogP contribution in [0.3, 0.4) is 0 Å². The van der Waals surface area contributed by atoms with Crippen LogP contribution in [0.15, 0.2) is 42.5 Å². The van der Waals surface area contributed by atoms with Crippen LogP contribution in [0.1, 0.15) is 65.2 Å². The van der Waals surface area contributed by atoms with Crippen molar-refractivity contribution in [1.29, 1.82) is 0 Å². The van der Waals surface area contributed by atoms with Gasteiger partial charge in [0.1, 0.15) is 0 Å². The van der Waals surface area contributed by atoms with Crippen molar-refractivity contribution in [2.75, 3.05) is 4.90 Å². The molecule has 5 rings (SSSR count). The molecule has 31 heavy (non-hydrogen) atoms. The second-order valence-electron chi connectivity index (χ2n) is 11.0. The number of amides is 2. The monoisotopic (exact) mass is 420 g/mol. The zero-order chi connectivity index (χ0) is 21.8. The fourth-order valence-electron chi connectivity index (χ4n) is 8.29. The molecule has 0 radical (unpaired) electrons. The molecule has 1 aromatic carbocycles. The fraction of sp³-hybridized carbons (Fsp3) is 0.630. The first-order valence-corrected chi connectivity index (χ1v) is 12.2. The first kappa shape index (κ1) is 20.8. The molecule has 1 aliphatic heterocycles. The van der Waals surface area contributed by atoms with Gasteiger partial charge in [0.15, 0.2) is 0 Å². The van der Waals surface area contributed by atoms with Crippen LogP contribution in [-0.4, -0.2) is 17.9 Å². The van der Waals surface area contributed by atoms with E-state index in [2.05, 4.69) is 37.0 Å². The van der Waals surface area contributed by atoms with E-state index in [0.717, 1.165) is 24.4 Å². The number of hydrogen-bond donors (Lipinski definition) is 1. The fourth-order valence-corrected chi connectivity index (χ4v) is 8.29. The maximum Gasteiger partial charge on any atom is 0.250 e. The molecule has 0 unspecified atom stereocenters. The third kappa shape index (κ3) is 3.16. The maximum atomic E-state index is 13.0. The molecule has 4 heteroatoms. The highest BCUT2D eigenvalue weighted by molar-refractivity contribution is 6.03. The van der Waals surface area contributed by atoms with Gasteiger partial charge in [-0.3, -0.25) is 9.59 Å². The molecule has 2 amide bonds. The Bertz CT molecular complexity index is 896. The van der Waals surface area contributed by atoms with Crippen molar-refractivity contribution >= 4 is 17.5 Å². The van der Waals surface area contributed by atoms with Crippen molar-refractivity contribution in [2.45, 2.75) is 71.3 Å². The minimum Gasteiger partial charge on any atom is -0.370 e. The van der Waals surface area contributed by atoms with Crippen LogP contribution in [0.25, 0.3) is 0 Å². The Morgan fingerprint density at radius 1 is 1.06 bits per heavy atom. The van der Waals surface area contributed by atoms with Gasteiger partial charge in [-0.1, -0.05) is 38.1 Å². The summed E-state index contributed by atoms with van der Waals surface area (Å²) in [5.74, 6) is 2.66. The number of rotatable bonds is 4. The first-order chi connectivity index (χ1) is 14.8. The molecule has 3 aliphatic carbocycles. The minimum atomic E-state index is -0.160. The molecule has 166 valence electrons. The molecular formula is C27H36N2O2. The topological polar surface area (TPSA) is 63.4 Å². The van der Waals surface area contributed by atoms with E-state index in [4.69, 9.17) is 5.73 Å². The first-order valence-electron chi connectivity index (χ1n) is 12.2. The maximum absolute atomic E-state index is 13.0. The molecule has 2 N–H and O–H groups in total. The number of primary amides is 1. The lowest BCUT2D eigenvalue weighted by Crippen LogP contribution is -2.60. The Hall–Kier alpha value is -2.10.